The molecular weight excluding hydrogens is 419 g/mol. The topological polar surface area (TPSA) is 93.5 Å². The van der Waals surface area contributed by atoms with E-state index in [-0.39, 0.29) is 48.5 Å². The summed E-state index contributed by atoms with van der Waals surface area (Å²) in [5, 5.41) is 12.1. The van der Waals surface area contributed by atoms with Gasteiger partial charge in [-0.25, -0.2) is 17.6 Å². The Morgan fingerprint density at radius 1 is 1.13 bits per heavy atom. The molecule has 0 aromatic heterocycles. The zero-order valence-corrected chi connectivity index (χ0v) is 18.3. The molecule has 1 fully saturated rings. The molecule has 0 radical (unpaired) electrons. The Hall–Kier alpha value is -2.96. The minimum Gasteiger partial charge on any atom is -0.337 e. The number of urea groups is 1. The summed E-state index contributed by atoms with van der Waals surface area (Å²) in [6, 6.07) is 14.0. The van der Waals surface area contributed by atoms with Crippen LogP contribution in [0, 0.1) is 17.1 Å². The highest BCUT2D eigenvalue weighted by Crippen LogP contribution is 2.24. The first-order valence-electron chi connectivity index (χ1n) is 9.93. The monoisotopic (exact) mass is 444 g/mol. The van der Waals surface area contributed by atoms with Gasteiger partial charge in [0.2, 0.25) is 10.0 Å². The van der Waals surface area contributed by atoms with E-state index in [4.69, 9.17) is 0 Å². The van der Waals surface area contributed by atoms with E-state index in [0.717, 1.165) is 5.56 Å². The molecule has 0 aliphatic carbocycles. The van der Waals surface area contributed by atoms with Gasteiger partial charge in [-0.1, -0.05) is 38.1 Å². The summed E-state index contributed by atoms with van der Waals surface area (Å²) >= 11 is 0. The molecule has 2 aromatic carbocycles. The third kappa shape index (κ3) is 5.03. The van der Waals surface area contributed by atoms with E-state index < -0.39 is 15.4 Å². The maximum atomic E-state index is 13.5. The second kappa shape index (κ2) is 9.04. The van der Waals surface area contributed by atoms with Crippen molar-refractivity contribution in [3.8, 4) is 6.07 Å². The van der Waals surface area contributed by atoms with Gasteiger partial charge in [-0.15, -0.1) is 0 Å². The number of sulfonamides is 1. The minimum absolute atomic E-state index is 0.0211. The van der Waals surface area contributed by atoms with Crippen LogP contribution in [-0.4, -0.2) is 56.4 Å². The first-order valence-corrected chi connectivity index (χ1v) is 11.4. The summed E-state index contributed by atoms with van der Waals surface area (Å²) in [5.41, 5.74) is 0.409. The smallest absolute Gasteiger partial charge is 0.317 e. The number of carbonyl (C=O) groups is 1. The van der Waals surface area contributed by atoms with Crippen LogP contribution in [0.25, 0.3) is 0 Å². The van der Waals surface area contributed by atoms with Crippen LogP contribution in [0.15, 0.2) is 53.4 Å². The van der Waals surface area contributed by atoms with Crippen LogP contribution >= 0.6 is 0 Å². The standard InChI is InChI=1S/C22H25FN4O3S/c1-22(2,18-7-5-8-19(23)14-18)16-25-21(28)26-10-12-27(13-11-26)31(29,30)20-9-4-3-6-17(20)15-24/h3-9,14H,10-13,16H2,1-2H3,(H,25,28). The van der Waals surface area contributed by atoms with Gasteiger partial charge in [0.1, 0.15) is 11.9 Å². The molecule has 31 heavy (non-hydrogen) atoms. The van der Waals surface area contributed by atoms with Gasteiger partial charge in [-0.05, 0) is 29.8 Å². The van der Waals surface area contributed by atoms with Crippen molar-refractivity contribution in [1.29, 1.82) is 5.26 Å². The number of hydrogen-bond acceptors (Lipinski definition) is 4. The van der Waals surface area contributed by atoms with Crippen LogP contribution < -0.4 is 5.32 Å². The van der Waals surface area contributed by atoms with Gasteiger partial charge in [0.15, 0.2) is 0 Å². The SMILES string of the molecule is CC(C)(CNC(=O)N1CCN(S(=O)(=O)c2ccccc2C#N)CC1)c1cccc(F)c1. The molecule has 1 heterocycles. The molecule has 7 nitrogen and oxygen atoms in total. The van der Waals surface area contributed by atoms with Gasteiger partial charge >= 0.3 is 6.03 Å². The quantitative estimate of drug-likeness (QED) is 0.767. The number of benzene rings is 2. The first-order chi connectivity index (χ1) is 14.6. The number of carbonyl (C=O) groups excluding carboxylic acids is 1. The highest BCUT2D eigenvalue weighted by molar-refractivity contribution is 7.89. The summed E-state index contributed by atoms with van der Waals surface area (Å²) < 4.78 is 40.6. The summed E-state index contributed by atoms with van der Waals surface area (Å²) in [7, 11) is -3.81. The number of halogens is 1. The molecule has 0 atom stereocenters. The number of nitriles is 1. The number of piperazine rings is 1. The van der Waals surface area contributed by atoms with Gasteiger partial charge in [0.05, 0.1) is 10.5 Å². The Morgan fingerprint density at radius 3 is 2.45 bits per heavy atom. The molecule has 3 rings (SSSR count). The van der Waals surface area contributed by atoms with Crippen molar-refractivity contribution in [3.63, 3.8) is 0 Å². The minimum atomic E-state index is -3.81. The third-order valence-corrected chi connectivity index (χ3v) is 7.40. The van der Waals surface area contributed by atoms with E-state index in [2.05, 4.69) is 5.32 Å². The maximum absolute atomic E-state index is 13.5. The maximum Gasteiger partial charge on any atom is 0.317 e. The zero-order valence-electron chi connectivity index (χ0n) is 17.5. The Balaban J connectivity index is 1.59. The number of rotatable bonds is 5. The van der Waals surface area contributed by atoms with E-state index in [1.54, 1.807) is 23.1 Å². The normalized spacial score (nSPS) is 15.4. The predicted molar refractivity (Wildman–Crippen MR) is 114 cm³/mol. The molecule has 1 N–H and O–H groups in total. The lowest BCUT2D eigenvalue weighted by molar-refractivity contribution is 0.170. The highest BCUT2D eigenvalue weighted by atomic mass is 32.2. The largest absolute Gasteiger partial charge is 0.337 e. The number of nitrogens with one attached hydrogen (secondary N) is 1. The fourth-order valence-electron chi connectivity index (χ4n) is 3.47. The molecule has 2 amide bonds. The van der Waals surface area contributed by atoms with Crippen molar-refractivity contribution in [2.75, 3.05) is 32.7 Å². The van der Waals surface area contributed by atoms with E-state index in [1.807, 2.05) is 26.0 Å². The van der Waals surface area contributed by atoms with E-state index in [9.17, 15) is 22.9 Å². The Kier molecular flexibility index (Phi) is 6.62. The Morgan fingerprint density at radius 2 is 1.81 bits per heavy atom. The van der Waals surface area contributed by atoms with Crippen LogP contribution in [0.1, 0.15) is 25.0 Å². The molecule has 0 saturated carbocycles. The van der Waals surface area contributed by atoms with Crippen LogP contribution in [0.5, 0.6) is 0 Å². The lowest BCUT2D eigenvalue weighted by atomic mass is 9.84. The second-order valence-corrected chi connectivity index (χ2v) is 9.96. The molecule has 164 valence electrons. The molecule has 0 unspecified atom stereocenters. The summed E-state index contributed by atoms with van der Waals surface area (Å²) in [6.45, 7) is 4.90. The molecule has 0 bridgehead atoms. The molecule has 0 spiro atoms. The lowest BCUT2D eigenvalue weighted by Gasteiger charge is -2.35. The van der Waals surface area contributed by atoms with Crippen molar-refractivity contribution < 1.29 is 17.6 Å². The summed E-state index contributed by atoms with van der Waals surface area (Å²) in [5.74, 6) is -0.327. The fourth-order valence-corrected chi connectivity index (χ4v) is 5.04. The Bertz CT molecular complexity index is 1100. The molecule has 9 heteroatoms. The van der Waals surface area contributed by atoms with E-state index in [0.29, 0.717) is 6.54 Å². The van der Waals surface area contributed by atoms with Crippen molar-refractivity contribution >= 4 is 16.1 Å². The number of hydrogen-bond donors (Lipinski definition) is 1. The average Bonchev–Trinajstić information content (AvgIpc) is 2.77. The Labute approximate surface area is 182 Å². The molecule has 1 saturated heterocycles. The number of nitrogens with zero attached hydrogens (tertiary/aromatic N) is 3. The fraction of sp³-hybridized carbons (Fsp3) is 0.364. The summed E-state index contributed by atoms with van der Waals surface area (Å²) in [6.07, 6.45) is 0. The van der Waals surface area contributed by atoms with Gasteiger partial charge in [-0.3, -0.25) is 0 Å². The molecule has 2 aromatic rings. The molecule has 1 aliphatic rings. The molecule has 1 aliphatic heterocycles. The van der Waals surface area contributed by atoms with Crippen molar-refractivity contribution in [2.24, 2.45) is 0 Å². The van der Waals surface area contributed by atoms with E-state index in [1.165, 1.54) is 28.6 Å². The van der Waals surface area contributed by atoms with Crippen molar-refractivity contribution in [3.05, 3.63) is 65.5 Å². The van der Waals surface area contributed by atoms with Crippen LogP contribution in [0.3, 0.4) is 0 Å². The van der Waals surface area contributed by atoms with Crippen LogP contribution in [0.2, 0.25) is 0 Å². The van der Waals surface area contributed by atoms with Crippen molar-refractivity contribution in [1.82, 2.24) is 14.5 Å². The van der Waals surface area contributed by atoms with Gasteiger partial charge in [0.25, 0.3) is 0 Å². The van der Waals surface area contributed by atoms with Gasteiger partial charge in [0, 0.05) is 38.1 Å². The third-order valence-electron chi connectivity index (χ3n) is 5.44. The zero-order chi connectivity index (χ0) is 22.6. The predicted octanol–water partition coefficient (Wildman–Crippen LogP) is 2.69. The van der Waals surface area contributed by atoms with Crippen LogP contribution in [-0.2, 0) is 15.4 Å². The first kappa shape index (κ1) is 22.7. The number of amides is 2. The van der Waals surface area contributed by atoms with Crippen LogP contribution in [0.4, 0.5) is 9.18 Å². The lowest BCUT2D eigenvalue weighted by Crippen LogP contribution is -2.54. The highest BCUT2D eigenvalue weighted by Gasteiger charge is 2.32. The van der Waals surface area contributed by atoms with Gasteiger partial charge in [-0.2, -0.15) is 9.57 Å². The second-order valence-electron chi connectivity index (χ2n) is 8.05. The van der Waals surface area contributed by atoms with E-state index >= 15 is 0 Å². The summed E-state index contributed by atoms with van der Waals surface area (Å²) in [4.78, 5) is 14.1. The van der Waals surface area contributed by atoms with Gasteiger partial charge < -0.3 is 10.2 Å². The average molecular weight is 445 g/mol. The molecular formula is C22H25FN4O3S. The van der Waals surface area contributed by atoms with Crippen molar-refractivity contribution in [2.45, 2.75) is 24.2 Å².